The van der Waals surface area contributed by atoms with Crippen molar-refractivity contribution >= 4 is 0 Å². The summed E-state index contributed by atoms with van der Waals surface area (Å²) in [4.78, 5) is 0. The van der Waals surface area contributed by atoms with Gasteiger partial charge in [0.15, 0.2) is 0 Å². The van der Waals surface area contributed by atoms with E-state index in [1.807, 2.05) is 0 Å². The highest BCUT2D eigenvalue weighted by Gasteiger charge is 2.16. The second-order valence-electron chi connectivity index (χ2n) is 5.23. The summed E-state index contributed by atoms with van der Waals surface area (Å²) in [5.41, 5.74) is 2.73. The molecule has 0 atom stereocenters. The van der Waals surface area contributed by atoms with E-state index in [0.29, 0.717) is 5.92 Å². The second kappa shape index (κ2) is 4.80. The molecule has 1 heteroatoms. The molecule has 1 nitrogen and oxygen atoms in total. The van der Waals surface area contributed by atoms with E-state index in [-0.39, 0.29) is 12.0 Å². The summed E-state index contributed by atoms with van der Waals surface area (Å²) in [5, 5.41) is 9.25. The molecule has 0 rings (SSSR count). The van der Waals surface area contributed by atoms with Crippen molar-refractivity contribution in [3.8, 4) is 0 Å². The molecule has 0 aromatic heterocycles. The van der Waals surface area contributed by atoms with Crippen LogP contribution in [0.5, 0.6) is 0 Å². The van der Waals surface area contributed by atoms with E-state index in [1.54, 1.807) is 0 Å². The van der Waals surface area contributed by atoms with E-state index >= 15 is 0 Å². The number of hydrogen-bond acceptors (Lipinski definition) is 1. The van der Waals surface area contributed by atoms with Crippen LogP contribution in [0.2, 0.25) is 0 Å². The minimum absolute atomic E-state index is 0.187. The summed E-state index contributed by atoms with van der Waals surface area (Å²) in [7, 11) is 0. The van der Waals surface area contributed by atoms with E-state index in [9.17, 15) is 5.11 Å². The molecule has 0 amide bonds. The first-order valence-corrected chi connectivity index (χ1v) is 5.09. The van der Waals surface area contributed by atoms with E-state index in [0.717, 1.165) is 6.42 Å². The normalized spacial score (nSPS) is 14.8. The van der Waals surface area contributed by atoms with Crippen molar-refractivity contribution in [2.75, 3.05) is 6.61 Å². The fraction of sp³-hybridized carbons (Fsp3) is 0.833. The Labute approximate surface area is 82.9 Å². The number of aliphatic hydroxyl groups excluding tert-OH is 1. The van der Waals surface area contributed by atoms with Crippen LogP contribution in [0, 0.1) is 11.3 Å². The van der Waals surface area contributed by atoms with Gasteiger partial charge in [-0.3, -0.25) is 0 Å². The zero-order chi connectivity index (χ0) is 10.6. The highest BCUT2D eigenvalue weighted by atomic mass is 16.3. The Hall–Kier alpha value is -0.300. The third kappa shape index (κ3) is 4.47. The first kappa shape index (κ1) is 12.7. The molecular weight excluding hydrogens is 160 g/mol. The summed E-state index contributed by atoms with van der Waals surface area (Å²) in [6.07, 6.45) is 1.01. The predicted molar refractivity (Wildman–Crippen MR) is 58.7 cm³/mol. The van der Waals surface area contributed by atoms with Gasteiger partial charge in [-0.15, -0.1) is 0 Å². The minimum atomic E-state index is 0.187. The lowest BCUT2D eigenvalue weighted by Crippen LogP contribution is -2.12. The molecule has 0 fully saturated rings. The van der Waals surface area contributed by atoms with Crippen LogP contribution in [0.4, 0.5) is 0 Å². The van der Waals surface area contributed by atoms with Gasteiger partial charge in [0.2, 0.25) is 0 Å². The molecule has 0 unspecified atom stereocenters. The van der Waals surface area contributed by atoms with Crippen LogP contribution in [0.25, 0.3) is 0 Å². The third-order valence-corrected chi connectivity index (χ3v) is 2.50. The maximum atomic E-state index is 9.25. The third-order valence-electron chi connectivity index (χ3n) is 2.50. The zero-order valence-corrected chi connectivity index (χ0v) is 9.94. The Morgan fingerprint density at radius 2 is 1.69 bits per heavy atom. The van der Waals surface area contributed by atoms with Gasteiger partial charge in [-0.2, -0.15) is 0 Å². The Balaban J connectivity index is 4.69. The lowest BCUT2D eigenvalue weighted by atomic mass is 9.82. The first-order valence-electron chi connectivity index (χ1n) is 5.09. The lowest BCUT2D eigenvalue weighted by molar-refractivity contribution is 0.315. The SMILES string of the molecule is C/C(=C(/CO)CC(C)C)C(C)(C)C. The van der Waals surface area contributed by atoms with E-state index in [4.69, 9.17) is 0 Å². The average molecular weight is 184 g/mol. The van der Waals surface area contributed by atoms with Gasteiger partial charge in [0.1, 0.15) is 0 Å². The molecule has 0 spiro atoms. The number of allylic oxidation sites excluding steroid dienone is 1. The second-order valence-corrected chi connectivity index (χ2v) is 5.23. The maximum Gasteiger partial charge on any atom is 0.0644 e. The number of hydrogen-bond donors (Lipinski definition) is 1. The van der Waals surface area contributed by atoms with Gasteiger partial charge in [-0.1, -0.05) is 40.2 Å². The van der Waals surface area contributed by atoms with Crippen LogP contribution in [-0.2, 0) is 0 Å². The van der Waals surface area contributed by atoms with E-state index in [2.05, 4.69) is 41.5 Å². The molecule has 0 saturated heterocycles. The van der Waals surface area contributed by atoms with Crippen molar-refractivity contribution in [2.24, 2.45) is 11.3 Å². The number of rotatable bonds is 3. The van der Waals surface area contributed by atoms with Gasteiger partial charge < -0.3 is 5.11 Å². The van der Waals surface area contributed by atoms with Crippen LogP contribution in [0.3, 0.4) is 0 Å². The van der Waals surface area contributed by atoms with Crippen LogP contribution in [0.1, 0.15) is 48.0 Å². The quantitative estimate of drug-likeness (QED) is 0.667. The highest BCUT2D eigenvalue weighted by molar-refractivity contribution is 5.18. The van der Waals surface area contributed by atoms with Crippen molar-refractivity contribution in [1.29, 1.82) is 0 Å². The predicted octanol–water partition coefficient (Wildman–Crippen LogP) is 3.39. The van der Waals surface area contributed by atoms with Crippen LogP contribution < -0.4 is 0 Å². The average Bonchev–Trinajstić information content (AvgIpc) is 1.96. The minimum Gasteiger partial charge on any atom is -0.392 e. The fourth-order valence-corrected chi connectivity index (χ4v) is 1.36. The summed E-state index contributed by atoms with van der Waals surface area (Å²) in [5.74, 6) is 0.624. The Morgan fingerprint density at radius 3 is 1.92 bits per heavy atom. The molecule has 13 heavy (non-hydrogen) atoms. The van der Waals surface area contributed by atoms with Gasteiger partial charge in [0.25, 0.3) is 0 Å². The molecule has 0 bridgehead atoms. The molecule has 78 valence electrons. The molecule has 0 saturated carbocycles. The van der Waals surface area contributed by atoms with Gasteiger partial charge in [0.05, 0.1) is 6.61 Å². The van der Waals surface area contributed by atoms with Crippen molar-refractivity contribution in [1.82, 2.24) is 0 Å². The lowest BCUT2D eigenvalue weighted by Gasteiger charge is -2.24. The van der Waals surface area contributed by atoms with Crippen LogP contribution in [-0.4, -0.2) is 11.7 Å². The van der Waals surface area contributed by atoms with Crippen molar-refractivity contribution in [3.05, 3.63) is 11.1 Å². The summed E-state index contributed by atoms with van der Waals surface area (Å²) in [6.45, 7) is 13.3. The zero-order valence-electron chi connectivity index (χ0n) is 9.94. The summed E-state index contributed by atoms with van der Waals surface area (Å²) in [6, 6.07) is 0. The van der Waals surface area contributed by atoms with Crippen LogP contribution >= 0.6 is 0 Å². The van der Waals surface area contributed by atoms with Crippen LogP contribution in [0.15, 0.2) is 11.1 Å². The van der Waals surface area contributed by atoms with E-state index in [1.165, 1.54) is 11.1 Å². The van der Waals surface area contributed by atoms with E-state index < -0.39 is 0 Å². The molecular formula is C12H24O. The Kier molecular flexibility index (Phi) is 4.69. The smallest absolute Gasteiger partial charge is 0.0644 e. The van der Waals surface area contributed by atoms with Gasteiger partial charge >= 0.3 is 0 Å². The molecule has 0 aliphatic heterocycles. The highest BCUT2D eigenvalue weighted by Crippen LogP contribution is 2.29. The Bertz CT molecular complexity index is 182. The first-order chi connectivity index (χ1) is 5.79. The largest absolute Gasteiger partial charge is 0.392 e. The molecule has 0 aliphatic carbocycles. The fourth-order valence-electron chi connectivity index (χ4n) is 1.36. The standard InChI is InChI=1S/C12H24O/c1-9(2)7-11(8-13)10(3)12(4,5)6/h9,13H,7-8H2,1-6H3/b11-10-. The van der Waals surface area contributed by atoms with Crippen molar-refractivity contribution < 1.29 is 5.11 Å². The van der Waals surface area contributed by atoms with Crippen molar-refractivity contribution in [3.63, 3.8) is 0 Å². The topological polar surface area (TPSA) is 20.2 Å². The molecule has 0 aromatic rings. The molecule has 0 heterocycles. The molecule has 1 N–H and O–H groups in total. The molecule has 0 radical (unpaired) electrons. The Morgan fingerprint density at radius 1 is 1.23 bits per heavy atom. The molecule has 0 aromatic carbocycles. The van der Waals surface area contributed by atoms with Crippen molar-refractivity contribution in [2.45, 2.75) is 48.0 Å². The maximum absolute atomic E-state index is 9.25. The number of aliphatic hydroxyl groups is 1. The van der Waals surface area contributed by atoms with Gasteiger partial charge in [0, 0.05) is 0 Å². The summed E-state index contributed by atoms with van der Waals surface area (Å²) >= 11 is 0. The van der Waals surface area contributed by atoms with Gasteiger partial charge in [-0.05, 0) is 30.3 Å². The molecule has 0 aliphatic rings. The van der Waals surface area contributed by atoms with Gasteiger partial charge in [-0.25, -0.2) is 0 Å². The summed E-state index contributed by atoms with van der Waals surface area (Å²) < 4.78 is 0. The monoisotopic (exact) mass is 184 g/mol.